The molecular weight excluding hydrogens is 242 g/mol. The number of aromatic nitrogens is 4. The summed E-state index contributed by atoms with van der Waals surface area (Å²) >= 11 is 0. The van der Waals surface area contributed by atoms with E-state index >= 15 is 0 Å². The van der Waals surface area contributed by atoms with Gasteiger partial charge in [0.2, 0.25) is 0 Å². The summed E-state index contributed by atoms with van der Waals surface area (Å²) in [6.45, 7) is 1.98. The Bertz CT molecular complexity index is 572. The van der Waals surface area contributed by atoms with Crippen molar-refractivity contribution in [3.63, 3.8) is 0 Å². The van der Waals surface area contributed by atoms with Crippen LogP contribution in [0.1, 0.15) is 11.6 Å². The minimum Gasteiger partial charge on any atom is -0.349 e. The summed E-state index contributed by atoms with van der Waals surface area (Å²) < 4.78 is 26.0. The van der Waals surface area contributed by atoms with Gasteiger partial charge in [0.25, 0.3) is 10.0 Å². The largest absolute Gasteiger partial charge is 0.349 e. The number of hydrogen-bond donors (Lipinski definition) is 3. The number of hydrogen-bond acceptors (Lipinski definition) is 4. The van der Waals surface area contributed by atoms with Gasteiger partial charge in [0, 0.05) is 25.4 Å². The zero-order chi connectivity index (χ0) is 12.3. The second kappa shape index (κ2) is 4.68. The van der Waals surface area contributed by atoms with E-state index in [1.165, 1.54) is 6.20 Å². The maximum absolute atomic E-state index is 11.8. The van der Waals surface area contributed by atoms with Crippen LogP contribution in [0.3, 0.4) is 0 Å². The monoisotopic (exact) mass is 255 g/mol. The number of H-pyrrole nitrogens is 2. The van der Waals surface area contributed by atoms with Crippen molar-refractivity contribution in [2.45, 2.75) is 18.4 Å². The predicted molar refractivity (Wildman–Crippen MR) is 60.8 cm³/mol. The molecule has 0 saturated carbocycles. The molecule has 7 nitrogen and oxygen atoms in total. The third kappa shape index (κ3) is 2.92. The van der Waals surface area contributed by atoms with Crippen LogP contribution in [0.15, 0.2) is 23.6 Å². The third-order valence-electron chi connectivity index (χ3n) is 2.18. The zero-order valence-corrected chi connectivity index (χ0v) is 10.1. The number of sulfonamides is 1. The lowest BCUT2D eigenvalue weighted by atomic mass is 10.4. The molecule has 0 fully saturated rings. The minimum absolute atomic E-state index is 0.0782. The molecule has 8 heteroatoms. The molecule has 0 aliphatic rings. The molecule has 2 heterocycles. The number of rotatable bonds is 5. The maximum atomic E-state index is 11.8. The van der Waals surface area contributed by atoms with Gasteiger partial charge in [0.05, 0.1) is 6.20 Å². The molecule has 2 aromatic heterocycles. The van der Waals surface area contributed by atoms with Crippen LogP contribution in [0, 0.1) is 6.92 Å². The third-order valence-corrected chi connectivity index (χ3v) is 3.55. The fourth-order valence-electron chi connectivity index (χ4n) is 1.35. The van der Waals surface area contributed by atoms with Crippen molar-refractivity contribution >= 4 is 10.0 Å². The average molecular weight is 255 g/mol. The van der Waals surface area contributed by atoms with Crippen molar-refractivity contribution < 1.29 is 8.42 Å². The van der Waals surface area contributed by atoms with Crippen LogP contribution in [-0.4, -0.2) is 34.9 Å². The molecule has 0 unspecified atom stereocenters. The Morgan fingerprint density at radius 3 is 2.82 bits per heavy atom. The Morgan fingerprint density at radius 1 is 1.41 bits per heavy atom. The Balaban J connectivity index is 1.94. The van der Waals surface area contributed by atoms with Gasteiger partial charge in [-0.05, 0) is 6.92 Å². The first-order chi connectivity index (χ1) is 8.08. The highest BCUT2D eigenvalue weighted by molar-refractivity contribution is 7.89. The topological polar surface area (TPSA) is 104 Å². The number of aromatic amines is 2. The summed E-state index contributed by atoms with van der Waals surface area (Å²) in [4.78, 5) is 13.4. The first kappa shape index (κ1) is 11.8. The van der Waals surface area contributed by atoms with E-state index < -0.39 is 10.0 Å². The van der Waals surface area contributed by atoms with Gasteiger partial charge in [-0.3, -0.25) is 0 Å². The highest BCUT2D eigenvalue weighted by Gasteiger charge is 2.15. The van der Waals surface area contributed by atoms with E-state index in [1.807, 2.05) is 0 Å². The summed E-state index contributed by atoms with van der Waals surface area (Å²) in [5.41, 5.74) is 0. The van der Waals surface area contributed by atoms with Crippen molar-refractivity contribution in [2.24, 2.45) is 0 Å². The molecule has 2 rings (SSSR count). The molecule has 0 amide bonds. The van der Waals surface area contributed by atoms with Crippen LogP contribution in [0.4, 0.5) is 0 Å². The van der Waals surface area contributed by atoms with E-state index in [2.05, 4.69) is 24.7 Å². The van der Waals surface area contributed by atoms with Crippen molar-refractivity contribution in [2.75, 3.05) is 6.54 Å². The van der Waals surface area contributed by atoms with Gasteiger partial charge in [0.1, 0.15) is 11.6 Å². The van der Waals surface area contributed by atoms with Crippen molar-refractivity contribution in [1.82, 2.24) is 24.7 Å². The summed E-state index contributed by atoms with van der Waals surface area (Å²) in [6, 6.07) is 0. The van der Waals surface area contributed by atoms with Gasteiger partial charge in [-0.25, -0.2) is 23.1 Å². The van der Waals surface area contributed by atoms with E-state index in [0.717, 1.165) is 5.82 Å². The molecule has 0 saturated heterocycles. The van der Waals surface area contributed by atoms with Crippen molar-refractivity contribution in [1.29, 1.82) is 0 Å². The smallest absolute Gasteiger partial charge is 0.257 e. The average Bonchev–Trinajstić information content (AvgIpc) is 2.89. The molecule has 0 aliphatic heterocycles. The molecule has 0 atom stereocenters. The molecule has 0 bridgehead atoms. The van der Waals surface area contributed by atoms with E-state index in [9.17, 15) is 8.42 Å². The molecular formula is C9H13N5O2S. The van der Waals surface area contributed by atoms with Crippen molar-refractivity contribution in [3.8, 4) is 0 Å². The lowest BCUT2D eigenvalue weighted by Crippen LogP contribution is -2.26. The summed E-state index contributed by atoms with van der Waals surface area (Å²) in [5.74, 6) is 1.31. The van der Waals surface area contributed by atoms with Crippen LogP contribution in [-0.2, 0) is 16.4 Å². The van der Waals surface area contributed by atoms with Crippen LogP contribution in [0.5, 0.6) is 0 Å². The molecule has 2 aromatic rings. The molecule has 92 valence electrons. The first-order valence-electron chi connectivity index (χ1n) is 5.07. The molecule has 0 spiro atoms. The van der Waals surface area contributed by atoms with Gasteiger partial charge in [-0.2, -0.15) is 0 Å². The zero-order valence-electron chi connectivity index (χ0n) is 9.27. The molecule has 17 heavy (non-hydrogen) atoms. The van der Waals surface area contributed by atoms with Gasteiger partial charge in [-0.1, -0.05) is 0 Å². The number of aryl methyl sites for hydroxylation is 1. The summed E-state index contributed by atoms with van der Waals surface area (Å²) in [6.07, 6.45) is 5.13. The lowest BCUT2D eigenvalue weighted by Gasteiger charge is -2.02. The number of imidazole rings is 2. The molecule has 0 radical (unpaired) electrons. The first-order valence-corrected chi connectivity index (χ1v) is 6.56. The fourth-order valence-corrected chi connectivity index (χ4v) is 2.35. The Labute approximate surface area is 98.8 Å². The standard InChI is InChI=1S/C9H13N5O2S/c1-7-12-6-9(14-7)17(15,16)13-3-2-8-10-4-5-11-8/h4-6,13H,2-3H2,1H3,(H,10,11)(H,12,14). The Morgan fingerprint density at radius 2 is 2.24 bits per heavy atom. The minimum atomic E-state index is -3.50. The highest BCUT2D eigenvalue weighted by atomic mass is 32.2. The normalized spacial score (nSPS) is 11.8. The maximum Gasteiger partial charge on any atom is 0.257 e. The second-order valence-corrected chi connectivity index (χ2v) is 5.25. The fraction of sp³-hybridized carbons (Fsp3) is 0.333. The lowest BCUT2D eigenvalue weighted by molar-refractivity contribution is 0.577. The molecule has 0 aromatic carbocycles. The molecule has 0 aliphatic carbocycles. The van der Waals surface area contributed by atoms with Crippen LogP contribution in [0.25, 0.3) is 0 Å². The van der Waals surface area contributed by atoms with Gasteiger partial charge in [-0.15, -0.1) is 0 Å². The van der Waals surface area contributed by atoms with E-state index in [1.54, 1.807) is 19.3 Å². The number of nitrogens with zero attached hydrogens (tertiary/aromatic N) is 2. The van der Waals surface area contributed by atoms with E-state index in [4.69, 9.17) is 0 Å². The van der Waals surface area contributed by atoms with Crippen LogP contribution < -0.4 is 4.72 Å². The molecule has 3 N–H and O–H groups in total. The van der Waals surface area contributed by atoms with Gasteiger partial charge >= 0.3 is 0 Å². The quantitative estimate of drug-likeness (QED) is 0.697. The highest BCUT2D eigenvalue weighted by Crippen LogP contribution is 2.04. The van der Waals surface area contributed by atoms with E-state index in [0.29, 0.717) is 12.2 Å². The Hall–Kier alpha value is -1.67. The van der Waals surface area contributed by atoms with Gasteiger partial charge in [0.15, 0.2) is 5.03 Å². The predicted octanol–water partition coefficient (Wildman–Crippen LogP) is -0.0378. The van der Waals surface area contributed by atoms with Crippen molar-refractivity contribution in [3.05, 3.63) is 30.2 Å². The van der Waals surface area contributed by atoms with Crippen LogP contribution in [0.2, 0.25) is 0 Å². The SMILES string of the molecule is Cc1ncc(S(=O)(=O)NCCc2ncc[nH]2)[nH]1. The summed E-state index contributed by atoms with van der Waals surface area (Å²) in [7, 11) is -3.50. The van der Waals surface area contributed by atoms with E-state index in [-0.39, 0.29) is 11.6 Å². The second-order valence-electron chi connectivity index (χ2n) is 3.52. The van der Waals surface area contributed by atoms with Crippen LogP contribution >= 0.6 is 0 Å². The Kier molecular flexibility index (Phi) is 3.25. The number of nitrogens with one attached hydrogen (secondary N) is 3. The summed E-state index contributed by atoms with van der Waals surface area (Å²) in [5, 5.41) is 0.0782. The van der Waals surface area contributed by atoms with Gasteiger partial charge < -0.3 is 9.97 Å².